The summed E-state index contributed by atoms with van der Waals surface area (Å²) < 4.78 is 5.48. The van der Waals surface area contributed by atoms with E-state index in [4.69, 9.17) is 4.74 Å². The maximum absolute atomic E-state index is 10.9. The summed E-state index contributed by atoms with van der Waals surface area (Å²) >= 11 is 0. The zero-order chi connectivity index (χ0) is 18.3. The van der Waals surface area contributed by atoms with E-state index in [9.17, 15) is 15.3 Å². The molecule has 3 N–H and O–H groups in total. The molecule has 0 aliphatic heterocycles. The van der Waals surface area contributed by atoms with Crippen LogP contribution in [0.15, 0.2) is 66.7 Å². The highest BCUT2D eigenvalue weighted by Gasteiger charge is 2.21. The van der Waals surface area contributed by atoms with Crippen LogP contribution in [0.3, 0.4) is 0 Å². The Labute approximate surface area is 150 Å². The Hall–Kier alpha value is -3.24. The molecule has 4 nitrogen and oxygen atoms in total. The Morgan fingerprint density at radius 2 is 1.58 bits per heavy atom. The summed E-state index contributed by atoms with van der Waals surface area (Å²) in [5, 5.41) is 34.5. The number of benzene rings is 4. The summed E-state index contributed by atoms with van der Waals surface area (Å²) in [6.07, 6.45) is -0.973. The van der Waals surface area contributed by atoms with E-state index < -0.39 is 6.10 Å². The molecule has 4 rings (SSSR count). The van der Waals surface area contributed by atoms with Gasteiger partial charge < -0.3 is 20.1 Å². The maximum Gasteiger partial charge on any atom is 0.131 e. The van der Waals surface area contributed by atoms with Crippen LogP contribution in [0.4, 0.5) is 0 Å². The lowest BCUT2D eigenvalue weighted by molar-refractivity contribution is 0.217. The van der Waals surface area contributed by atoms with Crippen molar-refractivity contribution in [1.82, 2.24) is 0 Å². The van der Waals surface area contributed by atoms with Crippen LogP contribution in [0, 0.1) is 0 Å². The molecule has 0 aliphatic rings. The molecule has 1 atom stereocenters. The number of rotatable bonds is 3. The molecule has 0 aromatic heterocycles. The van der Waals surface area contributed by atoms with Crippen molar-refractivity contribution in [1.29, 1.82) is 0 Å². The number of hydrogen-bond donors (Lipinski definition) is 3. The highest BCUT2D eigenvalue weighted by atomic mass is 16.5. The molecule has 0 amide bonds. The average molecular weight is 346 g/mol. The summed E-state index contributed by atoms with van der Waals surface area (Å²) in [6, 6.07) is 19.5. The fraction of sp³-hybridized carbons (Fsp3) is 0.0909. The first-order valence-corrected chi connectivity index (χ1v) is 8.28. The average Bonchev–Trinajstić information content (AvgIpc) is 2.67. The molecule has 0 aliphatic carbocycles. The van der Waals surface area contributed by atoms with Crippen LogP contribution < -0.4 is 4.74 Å². The first kappa shape index (κ1) is 16.2. The number of phenolic OH excluding ortho intramolecular Hbond substituents is 2. The van der Waals surface area contributed by atoms with Gasteiger partial charge in [-0.25, -0.2) is 0 Å². The van der Waals surface area contributed by atoms with E-state index in [1.807, 2.05) is 48.5 Å². The largest absolute Gasteiger partial charge is 0.508 e. The zero-order valence-electron chi connectivity index (χ0n) is 14.2. The van der Waals surface area contributed by atoms with Crippen LogP contribution in [-0.2, 0) is 0 Å². The number of aliphatic hydroxyl groups is 1. The highest BCUT2D eigenvalue weighted by Crippen LogP contribution is 2.43. The van der Waals surface area contributed by atoms with Crippen molar-refractivity contribution < 1.29 is 20.1 Å². The van der Waals surface area contributed by atoms with Crippen LogP contribution >= 0.6 is 0 Å². The molecule has 0 fully saturated rings. The minimum atomic E-state index is -0.973. The standard InChI is InChI=1S/C22H18O4/c1-26-19-12-18(24)21(22(25)13-5-3-2-4-6-13)17-9-7-14-11-15(23)8-10-16(14)20(17)19/h2-12,22-25H,1H3. The van der Waals surface area contributed by atoms with Gasteiger partial charge in [-0.05, 0) is 39.9 Å². The summed E-state index contributed by atoms with van der Waals surface area (Å²) in [6.45, 7) is 0. The minimum Gasteiger partial charge on any atom is -0.508 e. The molecule has 4 aromatic rings. The van der Waals surface area contributed by atoms with Crippen LogP contribution in [0.5, 0.6) is 17.2 Å². The molecule has 0 saturated carbocycles. The summed E-state index contributed by atoms with van der Waals surface area (Å²) in [7, 11) is 1.54. The van der Waals surface area contributed by atoms with Gasteiger partial charge in [-0.3, -0.25) is 0 Å². The maximum atomic E-state index is 10.9. The molecule has 4 heteroatoms. The van der Waals surface area contributed by atoms with E-state index in [0.717, 1.165) is 16.2 Å². The van der Waals surface area contributed by atoms with Crippen molar-refractivity contribution in [3.63, 3.8) is 0 Å². The lowest BCUT2D eigenvalue weighted by Gasteiger charge is -2.19. The minimum absolute atomic E-state index is 0.0242. The summed E-state index contributed by atoms with van der Waals surface area (Å²) in [4.78, 5) is 0. The third kappa shape index (κ3) is 2.52. The van der Waals surface area contributed by atoms with Crippen molar-refractivity contribution in [2.45, 2.75) is 6.10 Å². The fourth-order valence-electron chi connectivity index (χ4n) is 3.47. The molecule has 26 heavy (non-hydrogen) atoms. The van der Waals surface area contributed by atoms with E-state index in [1.165, 1.54) is 6.07 Å². The molecule has 130 valence electrons. The third-order valence-corrected chi connectivity index (χ3v) is 4.69. The number of ether oxygens (including phenoxy) is 1. The number of aliphatic hydroxyl groups excluding tert-OH is 1. The van der Waals surface area contributed by atoms with Crippen molar-refractivity contribution in [3.8, 4) is 17.2 Å². The Morgan fingerprint density at radius 1 is 0.846 bits per heavy atom. The molecule has 0 bridgehead atoms. The van der Waals surface area contributed by atoms with E-state index in [-0.39, 0.29) is 11.5 Å². The molecule has 0 saturated heterocycles. The van der Waals surface area contributed by atoms with Gasteiger partial charge in [0.2, 0.25) is 0 Å². The SMILES string of the molecule is COc1cc(O)c(C(O)c2ccccc2)c2ccc3cc(O)ccc3c12. The van der Waals surface area contributed by atoms with Gasteiger partial charge in [0.05, 0.1) is 7.11 Å². The Bertz CT molecular complexity index is 1100. The summed E-state index contributed by atoms with van der Waals surface area (Å²) in [5.41, 5.74) is 1.13. The number of aromatic hydroxyl groups is 2. The predicted molar refractivity (Wildman–Crippen MR) is 102 cm³/mol. The van der Waals surface area contributed by atoms with Crippen molar-refractivity contribution in [3.05, 3.63) is 77.9 Å². The zero-order valence-corrected chi connectivity index (χ0v) is 14.2. The lowest BCUT2D eigenvalue weighted by Crippen LogP contribution is -2.02. The number of hydrogen-bond acceptors (Lipinski definition) is 4. The smallest absolute Gasteiger partial charge is 0.131 e. The van der Waals surface area contributed by atoms with Gasteiger partial charge in [0, 0.05) is 17.0 Å². The first-order valence-electron chi connectivity index (χ1n) is 8.28. The van der Waals surface area contributed by atoms with Gasteiger partial charge in [0.1, 0.15) is 23.4 Å². The second-order valence-corrected chi connectivity index (χ2v) is 6.22. The van der Waals surface area contributed by atoms with Crippen molar-refractivity contribution >= 4 is 21.5 Å². The van der Waals surface area contributed by atoms with E-state index in [2.05, 4.69) is 0 Å². The Kier molecular flexibility index (Phi) is 3.90. The van der Waals surface area contributed by atoms with Crippen LogP contribution in [-0.4, -0.2) is 22.4 Å². The van der Waals surface area contributed by atoms with E-state index in [0.29, 0.717) is 22.3 Å². The van der Waals surface area contributed by atoms with Gasteiger partial charge in [0.15, 0.2) is 0 Å². The topological polar surface area (TPSA) is 69.9 Å². The molecule has 0 spiro atoms. The highest BCUT2D eigenvalue weighted by molar-refractivity contribution is 6.12. The first-order chi connectivity index (χ1) is 12.6. The Morgan fingerprint density at radius 3 is 2.31 bits per heavy atom. The van der Waals surface area contributed by atoms with Gasteiger partial charge in [0.25, 0.3) is 0 Å². The van der Waals surface area contributed by atoms with Gasteiger partial charge >= 0.3 is 0 Å². The molecule has 0 heterocycles. The summed E-state index contributed by atoms with van der Waals surface area (Å²) in [5.74, 6) is 0.667. The normalized spacial score (nSPS) is 12.4. The number of fused-ring (bicyclic) bond motifs is 3. The van der Waals surface area contributed by atoms with Crippen molar-refractivity contribution in [2.75, 3.05) is 7.11 Å². The molecule has 1 unspecified atom stereocenters. The second-order valence-electron chi connectivity index (χ2n) is 6.22. The van der Waals surface area contributed by atoms with E-state index in [1.54, 1.807) is 19.2 Å². The third-order valence-electron chi connectivity index (χ3n) is 4.69. The van der Waals surface area contributed by atoms with Crippen LogP contribution in [0.25, 0.3) is 21.5 Å². The van der Waals surface area contributed by atoms with Gasteiger partial charge in [-0.2, -0.15) is 0 Å². The lowest BCUT2D eigenvalue weighted by atomic mass is 9.91. The van der Waals surface area contributed by atoms with Gasteiger partial charge in [-0.15, -0.1) is 0 Å². The fourth-order valence-corrected chi connectivity index (χ4v) is 3.47. The van der Waals surface area contributed by atoms with E-state index >= 15 is 0 Å². The molecule has 4 aromatic carbocycles. The van der Waals surface area contributed by atoms with Crippen LogP contribution in [0.2, 0.25) is 0 Å². The molecule has 0 radical (unpaired) electrons. The van der Waals surface area contributed by atoms with Crippen molar-refractivity contribution in [2.24, 2.45) is 0 Å². The Balaban J connectivity index is 2.08. The second kappa shape index (κ2) is 6.24. The quantitative estimate of drug-likeness (QED) is 0.478. The number of phenols is 2. The van der Waals surface area contributed by atoms with Gasteiger partial charge in [-0.1, -0.05) is 42.5 Å². The predicted octanol–water partition coefficient (Wildman–Crippen LogP) is 4.49. The monoisotopic (exact) mass is 346 g/mol. The molecular formula is C22H18O4. The molecular weight excluding hydrogens is 328 g/mol. The number of methoxy groups -OCH3 is 1. The van der Waals surface area contributed by atoms with Crippen LogP contribution in [0.1, 0.15) is 17.2 Å².